The van der Waals surface area contributed by atoms with Crippen molar-refractivity contribution in [1.82, 2.24) is 0 Å². The van der Waals surface area contributed by atoms with Crippen molar-refractivity contribution in [3.8, 4) is 23.7 Å². The fourth-order valence-electron chi connectivity index (χ4n) is 4.01. The maximum Gasteiger partial charge on any atom is 0.285 e. The summed E-state index contributed by atoms with van der Waals surface area (Å²) in [6, 6.07) is 21.8. The summed E-state index contributed by atoms with van der Waals surface area (Å²) in [7, 11) is 0. The van der Waals surface area contributed by atoms with Gasteiger partial charge in [-0.05, 0) is 22.9 Å². The van der Waals surface area contributed by atoms with Gasteiger partial charge in [-0.3, -0.25) is 0 Å². The number of terminal acetylenes is 1. The van der Waals surface area contributed by atoms with E-state index in [2.05, 4.69) is 95.0 Å². The van der Waals surface area contributed by atoms with Gasteiger partial charge < -0.3 is 0 Å². The number of hydrogen-bond acceptors (Lipinski definition) is 0. The van der Waals surface area contributed by atoms with E-state index < -0.39 is 0 Å². The Balaban J connectivity index is 2.06. The Labute approximate surface area is 167 Å². The summed E-state index contributed by atoms with van der Waals surface area (Å²) in [5, 5.41) is 5.11. The highest BCUT2D eigenvalue weighted by Crippen LogP contribution is 2.29. The molecule has 28 heavy (non-hydrogen) atoms. The molecule has 2 nitrogen and oxygen atoms in total. The Morgan fingerprint density at radius 3 is 1.82 bits per heavy atom. The van der Waals surface area contributed by atoms with E-state index in [4.69, 9.17) is 6.42 Å². The highest BCUT2D eigenvalue weighted by Gasteiger charge is 2.28. The third-order valence-electron chi connectivity index (χ3n) is 5.28. The lowest BCUT2D eigenvalue weighted by molar-refractivity contribution is -0.713. The molecule has 0 radical (unpaired) electrons. The van der Waals surface area contributed by atoms with Gasteiger partial charge in [-0.25, -0.2) is 0 Å². The summed E-state index contributed by atoms with van der Waals surface area (Å²) in [5.74, 6) is 2.78. The molecule has 2 heteroatoms. The third kappa shape index (κ3) is 3.37. The number of aromatic nitrogens is 2. The molecule has 0 saturated carbocycles. The molecule has 0 aliphatic carbocycles. The molecular weight excluding hydrogens is 340 g/mol. The number of hydrogen-bond donors (Lipinski definition) is 0. The highest BCUT2D eigenvalue weighted by molar-refractivity contribution is 5.99. The SMILES string of the molecule is C#CCCC[n+]1ccc2ccccc2c1-c1c2ccccc2cc[n+]1CCC. The van der Waals surface area contributed by atoms with Crippen LogP contribution < -0.4 is 9.13 Å². The minimum absolute atomic E-state index is 0.795. The molecule has 0 aliphatic heterocycles. The van der Waals surface area contributed by atoms with Crippen LogP contribution in [0, 0.1) is 12.3 Å². The van der Waals surface area contributed by atoms with E-state index in [1.54, 1.807) is 0 Å². The second-order valence-electron chi connectivity index (χ2n) is 7.20. The lowest BCUT2D eigenvalue weighted by Gasteiger charge is -2.10. The molecule has 4 rings (SSSR count). The van der Waals surface area contributed by atoms with Gasteiger partial charge in [0.2, 0.25) is 0 Å². The fourth-order valence-corrected chi connectivity index (χ4v) is 4.01. The monoisotopic (exact) mass is 366 g/mol. The van der Waals surface area contributed by atoms with E-state index in [1.165, 1.54) is 32.9 Å². The number of fused-ring (bicyclic) bond motifs is 2. The summed E-state index contributed by atoms with van der Waals surface area (Å²) in [5.41, 5.74) is 2.57. The molecule has 0 amide bonds. The zero-order chi connectivity index (χ0) is 19.3. The molecule has 0 bridgehead atoms. The van der Waals surface area contributed by atoms with Crippen molar-refractivity contribution < 1.29 is 9.13 Å². The normalized spacial score (nSPS) is 11.0. The van der Waals surface area contributed by atoms with Gasteiger partial charge in [0.05, 0.1) is 10.8 Å². The van der Waals surface area contributed by atoms with Crippen LogP contribution in [0.25, 0.3) is 32.9 Å². The highest BCUT2D eigenvalue weighted by atomic mass is 15.0. The largest absolute Gasteiger partial charge is 0.285 e. The van der Waals surface area contributed by atoms with Crippen molar-refractivity contribution in [2.45, 2.75) is 39.3 Å². The number of nitrogens with zero attached hydrogens (tertiary/aromatic N) is 2. The number of rotatable bonds is 6. The predicted octanol–water partition coefficient (Wildman–Crippen LogP) is 5.06. The Kier molecular flexibility index (Phi) is 5.35. The van der Waals surface area contributed by atoms with E-state index in [-0.39, 0.29) is 0 Å². The number of aryl methyl sites for hydroxylation is 2. The first-order valence-electron chi connectivity index (χ1n) is 10.1. The molecule has 0 saturated heterocycles. The smallest absolute Gasteiger partial charge is 0.193 e. The summed E-state index contributed by atoms with van der Waals surface area (Å²) >= 11 is 0. The van der Waals surface area contributed by atoms with Gasteiger partial charge >= 0.3 is 0 Å². The standard InChI is InChI=1S/C26H26N2/c1-3-5-10-18-28-20-16-22-12-7-9-14-24(22)26(28)25-23-13-8-6-11-21(23)15-19-27(25)17-4-2/h1,6-9,11-16,19-20H,4-5,10,17-18H2,2H3/q+2. The molecule has 0 fully saturated rings. The van der Waals surface area contributed by atoms with E-state index in [0.29, 0.717) is 0 Å². The first-order chi connectivity index (χ1) is 13.8. The van der Waals surface area contributed by atoms with Crippen LogP contribution in [-0.4, -0.2) is 0 Å². The summed E-state index contributed by atoms with van der Waals surface area (Å²) in [6.07, 6.45) is 12.8. The second kappa shape index (κ2) is 8.23. The zero-order valence-corrected chi connectivity index (χ0v) is 16.4. The number of benzene rings is 2. The topological polar surface area (TPSA) is 7.76 Å². The Morgan fingerprint density at radius 2 is 1.29 bits per heavy atom. The first kappa shape index (κ1) is 18.2. The maximum atomic E-state index is 5.51. The van der Waals surface area contributed by atoms with E-state index >= 15 is 0 Å². The maximum absolute atomic E-state index is 5.51. The van der Waals surface area contributed by atoms with E-state index in [0.717, 1.165) is 32.4 Å². The molecular formula is C26H26N2+2. The average Bonchev–Trinajstić information content (AvgIpc) is 2.74. The summed E-state index contributed by atoms with van der Waals surface area (Å²) in [6.45, 7) is 4.14. The molecule has 0 spiro atoms. The van der Waals surface area contributed by atoms with Crippen LogP contribution >= 0.6 is 0 Å². The fraction of sp³-hybridized carbons (Fsp3) is 0.231. The molecule has 0 N–H and O–H groups in total. The van der Waals surface area contributed by atoms with Crippen molar-refractivity contribution in [3.05, 3.63) is 73.1 Å². The van der Waals surface area contributed by atoms with Gasteiger partial charge in [0, 0.05) is 31.4 Å². The van der Waals surface area contributed by atoms with Crippen molar-refractivity contribution in [3.63, 3.8) is 0 Å². The van der Waals surface area contributed by atoms with Gasteiger partial charge in [0.15, 0.2) is 12.4 Å². The lowest BCUT2D eigenvalue weighted by atomic mass is 10.0. The number of pyridine rings is 2. The Hall–Kier alpha value is -3.18. The second-order valence-corrected chi connectivity index (χ2v) is 7.20. The average molecular weight is 367 g/mol. The molecule has 2 heterocycles. The van der Waals surface area contributed by atoms with Crippen LogP contribution in [0.3, 0.4) is 0 Å². The van der Waals surface area contributed by atoms with Crippen molar-refractivity contribution >= 4 is 21.5 Å². The van der Waals surface area contributed by atoms with Gasteiger partial charge in [0.1, 0.15) is 13.1 Å². The molecule has 2 aromatic heterocycles. The predicted molar refractivity (Wildman–Crippen MR) is 116 cm³/mol. The van der Waals surface area contributed by atoms with Gasteiger partial charge in [-0.15, -0.1) is 12.3 Å². The van der Waals surface area contributed by atoms with Gasteiger partial charge in [-0.1, -0.05) is 43.3 Å². The van der Waals surface area contributed by atoms with E-state index in [9.17, 15) is 0 Å². The van der Waals surface area contributed by atoms with Crippen LogP contribution in [-0.2, 0) is 13.1 Å². The van der Waals surface area contributed by atoms with Crippen LogP contribution in [0.5, 0.6) is 0 Å². The van der Waals surface area contributed by atoms with Crippen LogP contribution in [0.15, 0.2) is 73.1 Å². The van der Waals surface area contributed by atoms with Crippen molar-refractivity contribution in [2.24, 2.45) is 0 Å². The first-order valence-corrected chi connectivity index (χ1v) is 10.1. The van der Waals surface area contributed by atoms with Gasteiger partial charge in [0.25, 0.3) is 11.4 Å². The summed E-state index contributed by atoms with van der Waals surface area (Å²) in [4.78, 5) is 0. The number of unbranched alkanes of at least 4 members (excludes halogenated alkanes) is 1. The van der Waals surface area contributed by atoms with E-state index in [1.807, 2.05) is 0 Å². The quantitative estimate of drug-likeness (QED) is 0.256. The third-order valence-corrected chi connectivity index (χ3v) is 5.28. The molecule has 138 valence electrons. The summed E-state index contributed by atoms with van der Waals surface area (Å²) < 4.78 is 4.79. The molecule has 4 aromatic rings. The minimum atomic E-state index is 0.795. The van der Waals surface area contributed by atoms with Gasteiger partial charge in [-0.2, -0.15) is 9.13 Å². The molecule has 0 atom stereocenters. The molecule has 2 aromatic carbocycles. The Morgan fingerprint density at radius 1 is 0.750 bits per heavy atom. The van der Waals surface area contributed by atoms with Crippen LogP contribution in [0.4, 0.5) is 0 Å². The molecule has 0 unspecified atom stereocenters. The van der Waals surface area contributed by atoms with Crippen molar-refractivity contribution in [2.75, 3.05) is 0 Å². The zero-order valence-electron chi connectivity index (χ0n) is 16.4. The van der Waals surface area contributed by atoms with Crippen molar-refractivity contribution in [1.29, 1.82) is 0 Å². The van der Waals surface area contributed by atoms with Crippen LogP contribution in [0.2, 0.25) is 0 Å². The Bertz CT molecular complexity index is 1170. The van der Waals surface area contributed by atoms with Crippen LogP contribution in [0.1, 0.15) is 26.2 Å². The molecule has 0 aliphatic rings. The minimum Gasteiger partial charge on any atom is -0.193 e. The lowest BCUT2D eigenvalue weighted by Crippen LogP contribution is -2.43.